The van der Waals surface area contributed by atoms with Crippen molar-refractivity contribution in [2.75, 3.05) is 25.6 Å². The number of rotatable bonds is 9. The number of amides is 1. The van der Waals surface area contributed by atoms with E-state index in [9.17, 15) is 4.79 Å². The third-order valence-corrected chi connectivity index (χ3v) is 4.24. The van der Waals surface area contributed by atoms with Gasteiger partial charge in [-0.1, -0.05) is 17.7 Å². The third kappa shape index (κ3) is 5.91. The molecule has 0 atom stereocenters. The predicted molar refractivity (Wildman–Crippen MR) is 109 cm³/mol. The summed E-state index contributed by atoms with van der Waals surface area (Å²) in [4.78, 5) is 25.1. The number of nitrogens with one attached hydrogen (secondary N) is 1. The number of carbonyl (C=O) groups excluding carboxylic acids is 1. The molecule has 2 aromatic carbocycles. The number of hydrogen-bond donors (Lipinski definition) is 1. The van der Waals surface area contributed by atoms with Crippen LogP contribution in [0.25, 0.3) is 11.5 Å². The van der Waals surface area contributed by atoms with Crippen molar-refractivity contribution in [3.63, 3.8) is 0 Å². The molecule has 0 radical (unpaired) electrons. The average Bonchev–Trinajstić information content (AvgIpc) is 3.09. The van der Waals surface area contributed by atoms with E-state index in [0.717, 1.165) is 17.0 Å². The van der Waals surface area contributed by atoms with Crippen LogP contribution in [0.4, 0.5) is 5.69 Å². The molecule has 1 heterocycles. The standard InChI is InChI=1S/C22H24N2O5/c1-15-4-6-17(7-5-15)22-24-20(16(2)29-22)12-13-27-19-10-8-18(9-11-19)23-21(25)14-28-26-3/h4-11H,12-14H2,1-3H3,(H,23,25). The molecule has 3 aromatic rings. The molecule has 1 aromatic heterocycles. The Bertz CT molecular complexity index is 933. The van der Waals surface area contributed by atoms with Gasteiger partial charge < -0.3 is 14.5 Å². The summed E-state index contributed by atoms with van der Waals surface area (Å²) in [6, 6.07) is 15.2. The van der Waals surface area contributed by atoms with Gasteiger partial charge in [-0.2, -0.15) is 0 Å². The maximum Gasteiger partial charge on any atom is 0.253 e. The Balaban J connectivity index is 1.51. The number of nitrogens with zero attached hydrogens (tertiary/aromatic N) is 1. The van der Waals surface area contributed by atoms with Crippen molar-refractivity contribution in [2.24, 2.45) is 0 Å². The Morgan fingerprint density at radius 3 is 2.48 bits per heavy atom. The van der Waals surface area contributed by atoms with Crippen LogP contribution in [0, 0.1) is 13.8 Å². The van der Waals surface area contributed by atoms with Crippen molar-refractivity contribution >= 4 is 11.6 Å². The van der Waals surface area contributed by atoms with Crippen molar-refractivity contribution in [1.82, 2.24) is 4.98 Å². The van der Waals surface area contributed by atoms with Gasteiger partial charge in [0.2, 0.25) is 5.89 Å². The van der Waals surface area contributed by atoms with E-state index in [0.29, 0.717) is 30.4 Å². The lowest BCUT2D eigenvalue weighted by atomic mass is 10.1. The Morgan fingerprint density at radius 2 is 1.79 bits per heavy atom. The van der Waals surface area contributed by atoms with Gasteiger partial charge in [0.25, 0.3) is 5.91 Å². The second-order valence-electron chi connectivity index (χ2n) is 6.49. The zero-order chi connectivity index (χ0) is 20.6. The number of anilines is 1. The fraction of sp³-hybridized carbons (Fsp3) is 0.273. The minimum Gasteiger partial charge on any atom is -0.493 e. The molecule has 1 N–H and O–H groups in total. The van der Waals surface area contributed by atoms with Gasteiger partial charge in [-0.15, -0.1) is 0 Å². The molecule has 0 fully saturated rings. The second-order valence-corrected chi connectivity index (χ2v) is 6.49. The first-order chi connectivity index (χ1) is 14.0. The molecule has 0 saturated heterocycles. The molecule has 0 bridgehead atoms. The summed E-state index contributed by atoms with van der Waals surface area (Å²) >= 11 is 0. The SMILES string of the molecule is COOCC(=O)Nc1ccc(OCCc2nc(-c3ccc(C)cc3)oc2C)cc1. The van der Waals surface area contributed by atoms with Crippen LogP contribution >= 0.6 is 0 Å². The average molecular weight is 396 g/mol. The van der Waals surface area contributed by atoms with Gasteiger partial charge in [0.05, 0.1) is 19.4 Å². The number of hydrogen-bond acceptors (Lipinski definition) is 6. The number of aromatic nitrogens is 1. The maximum atomic E-state index is 11.6. The van der Waals surface area contributed by atoms with Crippen molar-refractivity contribution < 1.29 is 23.7 Å². The van der Waals surface area contributed by atoms with Crippen molar-refractivity contribution in [3.05, 3.63) is 65.5 Å². The normalized spacial score (nSPS) is 10.7. The molecule has 0 spiro atoms. The topological polar surface area (TPSA) is 82.8 Å². The lowest BCUT2D eigenvalue weighted by Gasteiger charge is -2.08. The van der Waals surface area contributed by atoms with Crippen molar-refractivity contribution in [2.45, 2.75) is 20.3 Å². The summed E-state index contributed by atoms with van der Waals surface area (Å²) in [5.74, 6) is 1.82. The van der Waals surface area contributed by atoms with Crippen LogP contribution in [0.15, 0.2) is 52.9 Å². The minimum atomic E-state index is -0.300. The number of aryl methyl sites for hydroxylation is 2. The lowest BCUT2D eigenvalue weighted by Crippen LogP contribution is -2.17. The summed E-state index contributed by atoms with van der Waals surface area (Å²) in [7, 11) is 1.35. The first-order valence-electron chi connectivity index (χ1n) is 9.27. The Morgan fingerprint density at radius 1 is 1.07 bits per heavy atom. The zero-order valence-corrected chi connectivity index (χ0v) is 16.7. The molecule has 0 saturated carbocycles. The summed E-state index contributed by atoms with van der Waals surface area (Å²) in [6.07, 6.45) is 0.633. The molecule has 0 aliphatic heterocycles. The van der Waals surface area contributed by atoms with Gasteiger partial charge in [0.15, 0.2) is 6.61 Å². The third-order valence-electron chi connectivity index (χ3n) is 4.24. The zero-order valence-electron chi connectivity index (χ0n) is 16.7. The quantitative estimate of drug-likeness (QED) is 0.433. The second kappa shape index (κ2) is 9.86. The van der Waals surface area contributed by atoms with Crippen LogP contribution in [0.2, 0.25) is 0 Å². The van der Waals surface area contributed by atoms with Gasteiger partial charge in [0, 0.05) is 17.7 Å². The van der Waals surface area contributed by atoms with Gasteiger partial charge in [-0.3, -0.25) is 4.79 Å². The molecule has 29 heavy (non-hydrogen) atoms. The van der Waals surface area contributed by atoms with Gasteiger partial charge in [-0.05, 0) is 50.2 Å². The van der Waals surface area contributed by atoms with E-state index in [2.05, 4.69) is 20.1 Å². The minimum absolute atomic E-state index is 0.170. The molecule has 3 rings (SSSR count). The number of benzene rings is 2. The molecule has 7 nitrogen and oxygen atoms in total. The molecule has 0 unspecified atom stereocenters. The summed E-state index contributed by atoms with van der Waals surface area (Å²) in [6.45, 7) is 4.25. The van der Waals surface area contributed by atoms with Gasteiger partial charge in [-0.25, -0.2) is 14.8 Å². The van der Waals surface area contributed by atoms with Crippen molar-refractivity contribution in [1.29, 1.82) is 0 Å². The van der Waals surface area contributed by atoms with Crippen LogP contribution in [0.3, 0.4) is 0 Å². The molecular weight excluding hydrogens is 372 g/mol. The lowest BCUT2D eigenvalue weighted by molar-refractivity contribution is -0.266. The number of carbonyl (C=O) groups is 1. The largest absolute Gasteiger partial charge is 0.493 e. The van der Waals surface area contributed by atoms with E-state index in [-0.39, 0.29) is 12.5 Å². The van der Waals surface area contributed by atoms with Gasteiger partial charge in [0.1, 0.15) is 11.5 Å². The first kappa shape index (κ1) is 20.6. The monoisotopic (exact) mass is 396 g/mol. The van der Waals surface area contributed by atoms with Crippen LogP contribution in [-0.4, -0.2) is 31.2 Å². The molecule has 0 aliphatic carbocycles. The predicted octanol–water partition coefficient (Wildman–Crippen LogP) is 4.10. The molecule has 152 valence electrons. The molecule has 1 amide bonds. The van der Waals surface area contributed by atoms with E-state index >= 15 is 0 Å². The Hall–Kier alpha value is -3.16. The highest BCUT2D eigenvalue weighted by Crippen LogP contribution is 2.23. The molecule has 0 aliphatic rings. The van der Waals surface area contributed by atoms with Gasteiger partial charge >= 0.3 is 0 Å². The fourth-order valence-corrected chi connectivity index (χ4v) is 2.69. The smallest absolute Gasteiger partial charge is 0.253 e. The van der Waals surface area contributed by atoms with E-state index < -0.39 is 0 Å². The van der Waals surface area contributed by atoms with E-state index in [1.807, 2.05) is 38.1 Å². The fourth-order valence-electron chi connectivity index (χ4n) is 2.69. The van der Waals surface area contributed by atoms with Crippen molar-refractivity contribution in [3.8, 4) is 17.2 Å². The van der Waals surface area contributed by atoms with Crippen LogP contribution < -0.4 is 10.1 Å². The van der Waals surface area contributed by atoms with E-state index in [4.69, 9.17) is 9.15 Å². The first-order valence-corrected chi connectivity index (χ1v) is 9.27. The highest BCUT2D eigenvalue weighted by atomic mass is 17.2. The summed E-state index contributed by atoms with van der Waals surface area (Å²) in [5.41, 5.74) is 3.68. The van der Waals surface area contributed by atoms with Crippen LogP contribution in [-0.2, 0) is 21.0 Å². The summed E-state index contributed by atoms with van der Waals surface area (Å²) in [5, 5.41) is 2.69. The molecular formula is C22H24N2O5. The maximum absolute atomic E-state index is 11.6. The van der Waals surface area contributed by atoms with Crippen LogP contribution in [0.5, 0.6) is 5.75 Å². The molecule has 7 heteroatoms. The highest BCUT2D eigenvalue weighted by molar-refractivity contribution is 5.91. The summed E-state index contributed by atoms with van der Waals surface area (Å²) < 4.78 is 11.6. The number of oxazole rings is 1. The number of ether oxygens (including phenoxy) is 1. The van der Waals surface area contributed by atoms with Crippen LogP contribution in [0.1, 0.15) is 17.0 Å². The Labute approximate surface area is 169 Å². The van der Waals surface area contributed by atoms with E-state index in [1.54, 1.807) is 24.3 Å². The van der Waals surface area contributed by atoms with E-state index in [1.165, 1.54) is 12.7 Å². The Kier molecular flexibility index (Phi) is 6.99. The highest BCUT2D eigenvalue weighted by Gasteiger charge is 2.11.